The minimum absolute atomic E-state index is 0.0953. The molecular formula is C75H132O6. The summed E-state index contributed by atoms with van der Waals surface area (Å²) in [5.74, 6) is -0.963. The smallest absolute Gasteiger partial charge is 0.306 e. The third kappa shape index (κ3) is 67.3. The maximum atomic E-state index is 12.9. The SMILES string of the molecule is CC/C=C\C/C=C\C/C=C\C/C=C\CCC(=O)OCC(COC(=O)CCCCCCCCCCCCCCCC/C=C\C/C=C\C/C=C\CCCCCCC)OC(=O)CCCCCCCCCCCCCCCCCCCCCCC. The number of ether oxygens (including phenoxy) is 3. The van der Waals surface area contributed by atoms with Gasteiger partial charge in [-0.25, -0.2) is 0 Å². The molecule has 1 unspecified atom stereocenters. The van der Waals surface area contributed by atoms with Crippen molar-refractivity contribution < 1.29 is 28.6 Å². The highest BCUT2D eigenvalue weighted by Gasteiger charge is 2.19. The molecule has 0 saturated heterocycles. The Hall–Kier alpha value is -3.41. The first kappa shape index (κ1) is 77.6. The first-order valence-corrected chi connectivity index (χ1v) is 35.1. The van der Waals surface area contributed by atoms with Crippen molar-refractivity contribution >= 4 is 17.9 Å². The van der Waals surface area contributed by atoms with Crippen LogP contribution in [0.15, 0.2) is 85.1 Å². The van der Waals surface area contributed by atoms with Crippen LogP contribution in [-0.4, -0.2) is 37.2 Å². The Labute approximate surface area is 503 Å². The van der Waals surface area contributed by atoms with Crippen LogP contribution in [0.2, 0.25) is 0 Å². The average molecular weight is 1130 g/mol. The maximum Gasteiger partial charge on any atom is 0.306 e. The molecule has 0 aromatic heterocycles. The number of allylic oxidation sites excluding steroid dienone is 14. The molecule has 0 bridgehead atoms. The van der Waals surface area contributed by atoms with Crippen LogP contribution in [0.4, 0.5) is 0 Å². The Bertz CT molecular complexity index is 1530. The van der Waals surface area contributed by atoms with Crippen LogP contribution in [-0.2, 0) is 28.6 Å². The molecule has 0 N–H and O–H groups in total. The molecule has 1 atom stereocenters. The molecule has 0 aromatic rings. The molecular weight excluding hydrogens is 997 g/mol. The number of unbranched alkanes of at least 4 members (excludes halogenated alkanes) is 39. The van der Waals surface area contributed by atoms with E-state index in [0.717, 1.165) is 77.0 Å². The van der Waals surface area contributed by atoms with Crippen LogP contribution >= 0.6 is 0 Å². The van der Waals surface area contributed by atoms with Crippen molar-refractivity contribution in [3.8, 4) is 0 Å². The van der Waals surface area contributed by atoms with E-state index in [2.05, 4.69) is 99.8 Å². The predicted molar refractivity (Wildman–Crippen MR) is 353 cm³/mol. The standard InChI is InChI=1S/C75H132O6/c1-4-7-10-13-16-19-22-25-27-29-31-33-34-35-36-37-38-39-40-42-43-45-47-50-53-56-59-62-65-68-74(77)80-71-72(70-79-73(76)67-64-61-58-55-52-49-24-21-18-15-12-9-6-3)81-75(78)69-66-63-60-57-54-51-48-46-44-41-32-30-28-26-23-20-17-14-11-8-5-2/h9,12,18,21-22,25,29,31,34-35,49,52,58,61,72H,4-8,10-11,13-17,19-20,23-24,26-28,30,32-33,36-48,50-51,53-57,59-60,62-71H2,1-3H3/b12-9-,21-18-,25-22-,31-29-,35-34-,52-49-,61-58-. The normalized spacial score (nSPS) is 12.6. The molecule has 0 aromatic carbocycles. The fourth-order valence-electron chi connectivity index (χ4n) is 10.2. The van der Waals surface area contributed by atoms with E-state index in [0.29, 0.717) is 19.3 Å². The Morgan fingerprint density at radius 1 is 0.259 bits per heavy atom. The predicted octanol–water partition coefficient (Wildman–Crippen LogP) is 24.2. The van der Waals surface area contributed by atoms with Gasteiger partial charge < -0.3 is 14.2 Å². The second-order valence-electron chi connectivity index (χ2n) is 23.4. The van der Waals surface area contributed by atoms with Crippen LogP contribution in [0.3, 0.4) is 0 Å². The Morgan fingerprint density at radius 2 is 0.506 bits per heavy atom. The molecule has 0 radical (unpaired) electrons. The number of esters is 3. The van der Waals surface area contributed by atoms with E-state index < -0.39 is 6.10 Å². The number of carbonyl (C=O) groups excluding carboxylic acids is 3. The van der Waals surface area contributed by atoms with Gasteiger partial charge in [0.15, 0.2) is 6.10 Å². The fourth-order valence-corrected chi connectivity index (χ4v) is 10.2. The second-order valence-corrected chi connectivity index (χ2v) is 23.4. The van der Waals surface area contributed by atoms with E-state index >= 15 is 0 Å². The van der Waals surface area contributed by atoms with Crippen LogP contribution in [0.25, 0.3) is 0 Å². The summed E-state index contributed by atoms with van der Waals surface area (Å²) in [6.45, 7) is 6.50. The summed E-state index contributed by atoms with van der Waals surface area (Å²) in [7, 11) is 0. The second kappa shape index (κ2) is 69.1. The molecule has 0 aliphatic heterocycles. The van der Waals surface area contributed by atoms with Gasteiger partial charge in [0, 0.05) is 19.3 Å². The largest absolute Gasteiger partial charge is 0.462 e. The minimum atomic E-state index is -0.805. The van der Waals surface area contributed by atoms with E-state index in [9.17, 15) is 14.4 Å². The molecule has 0 fully saturated rings. The molecule has 81 heavy (non-hydrogen) atoms. The van der Waals surface area contributed by atoms with Crippen molar-refractivity contribution in [1.29, 1.82) is 0 Å². The van der Waals surface area contributed by atoms with Gasteiger partial charge in [-0.3, -0.25) is 14.4 Å². The first-order valence-electron chi connectivity index (χ1n) is 35.1. The van der Waals surface area contributed by atoms with Crippen molar-refractivity contribution in [2.45, 2.75) is 361 Å². The van der Waals surface area contributed by atoms with Crippen LogP contribution in [0.5, 0.6) is 0 Å². The molecule has 6 heteroatoms. The monoisotopic (exact) mass is 1130 g/mol. The van der Waals surface area contributed by atoms with E-state index in [4.69, 9.17) is 14.2 Å². The molecule has 0 aliphatic carbocycles. The number of carbonyl (C=O) groups is 3. The van der Waals surface area contributed by atoms with Gasteiger partial charge in [0.25, 0.3) is 0 Å². The zero-order valence-electron chi connectivity index (χ0n) is 53.8. The topological polar surface area (TPSA) is 78.9 Å². The lowest BCUT2D eigenvalue weighted by Crippen LogP contribution is -2.30. The maximum absolute atomic E-state index is 12.9. The first-order chi connectivity index (χ1) is 40.0. The van der Waals surface area contributed by atoms with Gasteiger partial charge in [-0.15, -0.1) is 0 Å². The van der Waals surface area contributed by atoms with Crippen molar-refractivity contribution in [2.75, 3.05) is 13.2 Å². The van der Waals surface area contributed by atoms with Gasteiger partial charge in [-0.2, -0.15) is 0 Å². The van der Waals surface area contributed by atoms with E-state index in [-0.39, 0.29) is 37.5 Å². The molecule has 0 spiro atoms. The van der Waals surface area contributed by atoms with Crippen molar-refractivity contribution in [1.82, 2.24) is 0 Å². The summed E-state index contributed by atoms with van der Waals surface area (Å²) in [4.78, 5) is 38.3. The zero-order chi connectivity index (χ0) is 58.5. The van der Waals surface area contributed by atoms with Gasteiger partial charge >= 0.3 is 17.9 Å². The van der Waals surface area contributed by atoms with Crippen LogP contribution < -0.4 is 0 Å². The van der Waals surface area contributed by atoms with Crippen molar-refractivity contribution in [2.24, 2.45) is 0 Å². The molecule has 0 heterocycles. The molecule has 6 nitrogen and oxygen atoms in total. The number of hydrogen-bond donors (Lipinski definition) is 0. The quantitative estimate of drug-likeness (QED) is 0.0261. The average Bonchev–Trinajstić information content (AvgIpc) is 3.46. The summed E-state index contributed by atoms with van der Waals surface area (Å²) in [6, 6.07) is 0. The van der Waals surface area contributed by atoms with Gasteiger partial charge in [-0.1, -0.05) is 337 Å². The summed E-state index contributed by atoms with van der Waals surface area (Å²) in [6.07, 6.45) is 92.1. The fraction of sp³-hybridized carbons (Fsp3) is 0.773. The lowest BCUT2D eigenvalue weighted by atomic mass is 10.0. The Kier molecular flexibility index (Phi) is 66.2. The molecule has 0 saturated carbocycles. The molecule has 0 aliphatic rings. The van der Waals surface area contributed by atoms with Gasteiger partial charge in [0.05, 0.1) is 0 Å². The highest BCUT2D eigenvalue weighted by molar-refractivity contribution is 5.71. The van der Waals surface area contributed by atoms with E-state index in [1.807, 2.05) is 6.08 Å². The lowest BCUT2D eigenvalue weighted by Gasteiger charge is -2.18. The lowest BCUT2D eigenvalue weighted by molar-refractivity contribution is -0.166. The van der Waals surface area contributed by atoms with Gasteiger partial charge in [0.2, 0.25) is 0 Å². The Morgan fingerprint density at radius 3 is 0.827 bits per heavy atom. The van der Waals surface area contributed by atoms with Crippen molar-refractivity contribution in [3.63, 3.8) is 0 Å². The highest BCUT2D eigenvalue weighted by atomic mass is 16.6. The third-order valence-corrected chi connectivity index (χ3v) is 15.4. The van der Waals surface area contributed by atoms with Gasteiger partial charge in [-0.05, 0) is 83.5 Å². The Balaban J connectivity index is 4.26. The molecule has 0 rings (SSSR count). The highest BCUT2D eigenvalue weighted by Crippen LogP contribution is 2.18. The molecule has 468 valence electrons. The minimum Gasteiger partial charge on any atom is -0.462 e. The summed E-state index contributed by atoms with van der Waals surface area (Å²) in [5.41, 5.74) is 0. The van der Waals surface area contributed by atoms with Crippen molar-refractivity contribution in [3.05, 3.63) is 85.1 Å². The van der Waals surface area contributed by atoms with Gasteiger partial charge in [0.1, 0.15) is 13.2 Å². The van der Waals surface area contributed by atoms with Crippen LogP contribution in [0.1, 0.15) is 355 Å². The summed E-state index contributed by atoms with van der Waals surface area (Å²) >= 11 is 0. The van der Waals surface area contributed by atoms with E-state index in [1.165, 1.54) is 231 Å². The third-order valence-electron chi connectivity index (χ3n) is 15.4. The zero-order valence-corrected chi connectivity index (χ0v) is 53.8. The number of hydrogen-bond acceptors (Lipinski definition) is 6. The van der Waals surface area contributed by atoms with E-state index in [1.54, 1.807) is 0 Å². The number of rotatable bonds is 64. The molecule has 0 amide bonds. The summed E-state index contributed by atoms with van der Waals surface area (Å²) < 4.78 is 16.9. The summed E-state index contributed by atoms with van der Waals surface area (Å²) in [5, 5.41) is 0. The van der Waals surface area contributed by atoms with Crippen LogP contribution in [0, 0.1) is 0 Å².